The molecule has 0 spiro atoms. The highest BCUT2D eigenvalue weighted by Gasteiger charge is 2.22. The van der Waals surface area contributed by atoms with E-state index < -0.39 is 0 Å². The maximum absolute atomic E-state index is 12.7. The molecule has 0 aliphatic rings. The van der Waals surface area contributed by atoms with Crippen LogP contribution in [-0.4, -0.2) is 24.0 Å². The molecule has 0 unspecified atom stereocenters. The molecule has 0 aliphatic carbocycles. The molecule has 2 aromatic carbocycles. The SMILES string of the molecule is N#Cc1c(/N=[N+](\[O-])c2ncn(Cc3ccccc3)c2C#N)ncn1Cc1ccccc1. The molecule has 0 bridgehead atoms. The summed E-state index contributed by atoms with van der Waals surface area (Å²) in [6.07, 6.45) is 2.87. The number of hydrogen-bond donors (Lipinski definition) is 0. The molecule has 0 radical (unpaired) electrons. The van der Waals surface area contributed by atoms with Crippen LogP contribution >= 0.6 is 0 Å². The van der Waals surface area contributed by atoms with E-state index in [2.05, 4.69) is 15.1 Å². The van der Waals surface area contributed by atoms with Crippen LogP contribution in [0.25, 0.3) is 0 Å². The van der Waals surface area contributed by atoms with E-state index in [0.29, 0.717) is 13.1 Å². The number of aromatic nitrogens is 4. The van der Waals surface area contributed by atoms with Crippen LogP contribution in [0.2, 0.25) is 0 Å². The molecule has 2 aromatic heterocycles. The van der Waals surface area contributed by atoms with Gasteiger partial charge in [-0.25, -0.2) is 4.98 Å². The quantitative estimate of drug-likeness (QED) is 0.272. The molecule has 0 aliphatic heterocycles. The average molecular weight is 408 g/mol. The van der Waals surface area contributed by atoms with Crippen molar-refractivity contribution in [3.8, 4) is 12.1 Å². The molecule has 2 heterocycles. The largest absolute Gasteiger partial charge is 0.690 e. The molecule has 31 heavy (non-hydrogen) atoms. The lowest BCUT2D eigenvalue weighted by atomic mass is 10.2. The Morgan fingerprint density at radius 3 is 1.87 bits per heavy atom. The number of nitrogens with zero attached hydrogens (tertiary/aromatic N) is 8. The number of nitriles is 2. The molecular weight excluding hydrogens is 392 g/mol. The second-order valence-corrected chi connectivity index (χ2v) is 6.66. The van der Waals surface area contributed by atoms with Crippen molar-refractivity contribution in [3.63, 3.8) is 0 Å². The molecule has 9 nitrogen and oxygen atoms in total. The van der Waals surface area contributed by atoms with E-state index in [-0.39, 0.29) is 27.9 Å². The summed E-state index contributed by atoms with van der Waals surface area (Å²) in [5.41, 5.74) is 2.16. The fourth-order valence-electron chi connectivity index (χ4n) is 3.12. The molecule has 0 fully saturated rings. The smallest absolute Gasteiger partial charge is 0.383 e. The first-order valence-electron chi connectivity index (χ1n) is 9.37. The zero-order valence-corrected chi connectivity index (χ0v) is 16.3. The van der Waals surface area contributed by atoms with Crippen molar-refractivity contribution in [2.75, 3.05) is 0 Å². The molecule has 9 heteroatoms. The summed E-state index contributed by atoms with van der Waals surface area (Å²) in [5, 5.41) is 35.7. The van der Waals surface area contributed by atoms with E-state index in [0.717, 1.165) is 11.1 Å². The third-order valence-corrected chi connectivity index (χ3v) is 4.61. The monoisotopic (exact) mass is 408 g/mol. The van der Waals surface area contributed by atoms with Gasteiger partial charge in [0, 0.05) is 6.54 Å². The van der Waals surface area contributed by atoms with Crippen LogP contribution in [0.5, 0.6) is 0 Å². The first kappa shape index (κ1) is 19.6. The predicted octanol–water partition coefficient (Wildman–Crippen LogP) is 3.85. The third-order valence-electron chi connectivity index (χ3n) is 4.61. The lowest BCUT2D eigenvalue weighted by molar-refractivity contribution is -0.440. The number of azo groups is 1. The summed E-state index contributed by atoms with van der Waals surface area (Å²) in [6.45, 7) is 0.806. The molecule has 0 atom stereocenters. The van der Waals surface area contributed by atoms with Gasteiger partial charge in [0.25, 0.3) is 0 Å². The van der Waals surface area contributed by atoms with Crippen molar-refractivity contribution in [3.05, 3.63) is 101 Å². The normalized spacial score (nSPS) is 11.1. The number of rotatable bonds is 6. The van der Waals surface area contributed by atoms with Crippen LogP contribution in [0.3, 0.4) is 0 Å². The summed E-state index contributed by atoms with van der Waals surface area (Å²) in [6, 6.07) is 23.1. The maximum Gasteiger partial charge on any atom is 0.383 e. The van der Waals surface area contributed by atoms with Gasteiger partial charge in [-0.1, -0.05) is 65.8 Å². The minimum absolute atomic E-state index is 0.0325. The molecular formula is C22H16N8O. The van der Waals surface area contributed by atoms with Crippen LogP contribution in [0.1, 0.15) is 22.5 Å². The van der Waals surface area contributed by atoms with Gasteiger partial charge in [0.05, 0.1) is 12.9 Å². The summed E-state index contributed by atoms with van der Waals surface area (Å²) >= 11 is 0. The first-order chi connectivity index (χ1) is 15.2. The second kappa shape index (κ2) is 8.72. The zero-order valence-electron chi connectivity index (χ0n) is 16.3. The zero-order chi connectivity index (χ0) is 21.6. The van der Waals surface area contributed by atoms with Crippen LogP contribution in [-0.2, 0) is 13.1 Å². The van der Waals surface area contributed by atoms with Gasteiger partial charge in [0.2, 0.25) is 17.8 Å². The Labute approximate surface area is 178 Å². The van der Waals surface area contributed by atoms with E-state index in [1.54, 1.807) is 9.13 Å². The summed E-state index contributed by atoms with van der Waals surface area (Å²) in [5.74, 6) is -0.185. The van der Waals surface area contributed by atoms with E-state index in [1.807, 2.05) is 72.8 Å². The van der Waals surface area contributed by atoms with Crippen molar-refractivity contribution in [2.45, 2.75) is 13.1 Å². The van der Waals surface area contributed by atoms with Crippen LogP contribution in [0.4, 0.5) is 11.6 Å². The molecule has 0 saturated carbocycles. The van der Waals surface area contributed by atoms with Gasteiger partial charge in [-0.05, 0) is 16.1 Å². The van der Waals surface area contributed by atoms with Gasteiger partial charge in [-0.2, -0.15) is 10.5 Å². The van der Waals surface area contributed by atoms with Crippen LogP contribution in [0.15, 0.2) is 78.4 Å². The van der Waals surface area contributed by atoms with Gasteiger partial charge in [-0.3, -0.25) is 4.57 Å². The predicted molar refractivity (Wildman–Crippen MR) is 110 cm³/mol. The van der Waals surface area contributed by atoms with Gasteiger partial charge in [-0.15, -0.1) is 4.86 Å². The summed E-state index contributed by atoms with van der Waals surface area (Å²) in [4.78, 5) is 8.38. The van der Waals surface area contributed by atoms with E-state index in [4.69, 9.17) is 0 Å². The standard InChI is InChI=1S/C22H16N8O/c23-11-19-21(25-15-28(19)13-17-7-3-1-4-8-17)27-30(31)22-20(12-24)29(16-26-22)14-18-9-5-2-6-10-18/h1-10,15-16H,13-14H2/b30-27-. The van der Waals surface area contributed by atoms with Crippen molar-refractivity contribution >= 4 is 11.6 Å². The number of hydrogen-bond acceptors (Lipinski definition) is 6. The Kier molecular flexibility index (Phi) is 5.50. The van der Waals surface area contributed by atoms with Gasteiger partial charge >= 0.3 is 5.82 Å². The Hall–Kier alpha value is -4.76. The number of benzene rings is 2. The first-order valence-corrected chi connectivity index (χ1v) is 9.37. The molecule has 0 saturated heterocycles. The van der Waals surface area contributed by atoms with Crippen molar-refractivity contribution in [1.82, 2.24) is 19.1 Å². The Balaban J connectivity index is 1.63. The second-order valence-electron chi connectivity index (χ2n) is 6.66. The molecule has 0 N–H and O–H groups in total. The van der Waals surface area contributed by atoms with Crippen LogP contribution < -0.4 is 0 Å². The molecule has 0 amide bonds. The minimum atomic E-state index is -0.153. The maximum atomic E-state index is 12.7. The Morgan fingerprint density at radius 1 is 0.806 bits per heavy atom. The van der Waals surface area contributed by atoms with Crippen molar-refractivity contribution in [2.24, 2.45) is 5.11 Å². The fourth-order valence-corrected chi connectivity index (χ4v) is 3.12. The average Bonchev–Trinajstić information content (AvgIpc) is 3.38. The van der Waals surface area contributed by atoms with Gasteiger partial charge < -0.3 is 9.77 Å². The fraction of sp³-hybridized carbons (Fsp3) is 0.0909. The lowest BCUT2D eigenvalue weighted by Gasteiger charge is -2.05. The van der Waals surface area contributed by atoms with Gasteiger partial charge in [0.1, 0.15) is 12.1 Å². The van der Waals surface area contributed by atoms with E-state index >= 15 is 0 Å². The highest BCUT2D eigenvalue weighted by atomic mass is 16.5. The molecule has 4 aromatic rings. The summed E-state index contributed by atoms with van der Waals surface area (Å²) < 4.78 is 3.19. The molecule has 150 valence electrons. The van der Waals surface area contributed by atoms with Crippen molar-refractivity contribution in [1.29, 1.82) is 10.5 Å². The van der Waals surface area contributed by atoms with Gasteiger partial charge in [0.15, 0.2) is 5.69 Å². The minimum Gasteiger partial charge on any atom is -0.690 e. The lowest BCUT2D eigenvalue weighted by Crippen LogP contribution is -2.03. The van der Waals surface area contributed by atoms with E-state index in [9.17, 15) is 15.7 Å². The molecule has 4 rings (SSSR count). The topological polar surface area (TPSA) is 122 Å². The Morgan fingerprint density at radius 2 is 1.32 bits per heavy atom. The number of imidazole rings is 2. The highest BCUT2D eigenvalue weighted by Crippen LogP contribution is 2.22. The summed E-state index contributed by atoms with van der Waals surface area (Å²) in [7, 11) is 0. The highest BCUT2D eigenvalue weighted by molar-refractivity contribution is 5.44. The third kappa shape index (κ3) is 4.16. The van der Waals surface area contributed by atoms with Crippen molar-refractivity contribution < 1.29 is 4.86 Å². The van der Waals surface area contributed by atoms with Crippen LogP contribution in [0, 0.1) is 27.9 Å². The van der Waals surface area contributed by atoms with E-state index in [1.165, 1.54) is 12.7 Å². The Bertz CT molecular complexity index is 1310.